The molecular formula is C22H42N2. The third-order valence-corrected chi connectivity index (χ3v) is 7.55. The van der Waals surface area contributed by atoms with Gasteiger partial charge in [-0.15, -0.1) is 0 Å². The lowest BCUT2D eigenvalue weighted by atomic mass is 9.53. The Morgan fingerprint density at radius 2 is 1.38 bits per heavy atom. The molecule has 1 spiro atoms. The van der Waals surface area contributed by atoms with E-state index in [0.717, 1.165) is 17.3 Å². The van der Waals surface area contributed by atoms with E-state index in [0.29, 0.717) is 11.0 Å². The van der Waals surface area contributed by atoms with Gasteiger partial charge in [0.2, 0.25) is 0 Å². The largest absolute Gasteiger partial charge is 0.301 e. The number of rotatable bonds is 2. The van der Waals surface area contributed by atoms with Crippen LogP contribution in [0.25, 0.3) is 0 Å². The van der Waals surface area contributed by atoms with Crippen LogP contribution in [0.15, 0.2) is 0 Å². The Morgan fingerprint density at radius 3 is 1.83 bits per heavy atom. The van der Waals surface area contributed by atoms with Crippen molar-refractivity contribution in [1.29, 1.82) is 0 Å². The van der Waals surface area contributed by atoms with Crippen molar-refractivity contribution >= 4 is 0 Å². The Hall–Kier alpha value is -0.0800. The Bertz CT molecular complexity index is 401. The molecule has 0 unspecified atom stereocenters. The highest BCUT2D eigenvalue weighted by Gasteiger charge is 2.47. The maximum absolute atomic E-state index is 2.75. The SMILES string of the molecule is CC(C)(C)C1CCC2(CC1)CC(CN1CCN(C(C)(C)C)CC1)C2. The van der Waals surface area contributed by atoms with Crippen LogP contribution in [-0.4, -0.2) is 48.1 Å². The molecule has 3 rings (SSSR count). The van der Waals surface area contributed by atoms with Crippen LogP contribution < -0.4 is 0 Å². The number of piperazine rings is 1. The minimum absolute atomic E-state index is 0.346. The predicted octanol–water partition coefficient (Wildman–Crippen LogP) is 5.04. The smallest absolute Gasteiger partial charge is 0.0126 e. The minimum Gasteiger partial charge on any atom is -0.301 e. The van der Waals surface area contributed by atoms with E-state index in [1.807, 2.05) is 0 Å². The Kier molecular flexibility index (Phi) is 5.13. The summed E-state index contributed by atoms with van der Waals surface area (Å²) in [5, 5.41) is 0. The van der Waals surface area contributed by atoms with Crippen LogP contribution in [0, 0.1) is 22.7 Å². The molecule has 0 aromatic heterocycles. The molecule has 0 aromatic rings. The topological polar surface area (TPSA) is 6.48 Å². The van der Waals surface area contributed by atoms with Gasteiger partial charge in [0.05, 0.1) is 0 Å². The summed E-state index contributed by atoms with van der Waals surface area (Å²) in [6, 6.07) is 0. The summed E-state index contributed by atoms with van der Waals surface area (Å²) < 4.78 is 0. The first kappa shape index (κ1) is 18.7. The molecule has 1 saturated heterocycles. The zero-order chi connectivity index (χ0) is 17.6. The summed E-state index contributed by atoms with van der Waals surface area (Å²) in [5.74, 6) is 1.96. The van der Waals surface area contributed by atoms with Gasteiger partial charge in [-0.3, -0.25) is 4.90 Å². The van der Waals surface area contributed by atoms with Gasteiger partial charge in [-0.1, -0.05) is 20.8 Å². The lowest BCUT2D eigenvalue weighted by molar-refractivity contribution is -0.0374. The van der Waals surface area contributed by atoms with Crippen molar-refractivity contribution in [2.75, 3.05) is 32.7 Å². The summed E-state index contributed by atoms with van der Waals surface area (Å²) in [7, 11) is 0. The molecule has 2 nitrogen and oxygen atoms in total. The van der Waals surface area contributed by atoms with Crippen molar-refractivity contribution in [2.24, 2.45) is 22.7 Å². The van der Waals surface area contributed by atoms with E-state index in [4.69, 9.17) is 0 Å². The number of hydrogen-bond donors (Lipinski definition) is 0. The van der Waals surface area contributed by atoms with Gasteiger partial charge in [-0.2, -0.15) is 0 Å². The zero-order valence-electron chi connectivity index (χ0n) is 17.3. The first-order valence-electron chi connectivity index (χ1n) is 10.5. The maximum Gasteiger partial charge on any atom is 0.0126 e. The Morgan fingerprint density at radius 1 is 0.833 bits per heavy atom. The monoisotopic (exact) mass is 334 g/mol. The van der Waals surface area contributed by atoms with Gasteiger partial charge in [0.1, 0.15) is 0 Å². The summed E-state index contributed by atoms with van der Waals surface area (Å²) in [4.78, 5) is 5.40. The first-order chi connectivity index (χ1) is 11.1. The molecule has 0 atom stereocenters. The van der Waals surface area contributed by atoms with E-state index in [1.54, 1.807) is 0 Å². The maximum atomic E-state index is 2.75. The fraction of sp³-hybridized carbons (Fsp3) is 1.00. The molecule has 0 aromatic carbocycles. The van der Waals surface area contributed by atoms with Crippen molar-refractivity contribution < 1.29 is 0 Å². The highest BCUT2D eigenvalue weighted by molar-refractivity contribution is 4.99. The third-order valence-electron chi connectivity index (χ3n) is 7.55. The van der Waals surface area contributed by atoms with E-state index < -0.39 is 0 Å². The van der Waals surface area contributed by atoms with Gasteiger partial charge in [0, 0.05) is 38.3 Å². The Balaban J connectivity index is 1.38. The standard InChI is InChI=1S/C22H42N2/c1-20(2,3)19-7-9-22(10-8-19)15-18(16-22)17-23-11-13-24(14-12-23)21(4,5)6/h18-19H,7-17H2,1-6H3. The Labute approximate surface area is 151 Å². The van der Waals surface area contributed by atoms with Crippen molar-refractivity contribution in [3.05, 3.63) is 0 Å². The molecule has 3 aliphatic rings. The highest BCUT2D eigenvalue weighted by atomic mass is 15.3. The van der Waals surface area contributed by atoms with E-state index >= 15 is 0 Å². The van der Waals surface area contributed by atoms with Crippen LogP contribution in [0.3, 0.4) is 0 Å². The van der Waals surface area contributed by atoms with Crippen LogP contribution >= 0.6 is 0 Å². The molecule has 0 N–H and O–H groups in total. The first-order valence-corrected chi connectivity index (χ1v) is 10.5. The van der Waals surface area contributed by atoms with Crippen LogP contribution in [-0.2, 0) is 0 Å². The average Bonchev–Trinajstić information content (AvgIpc) is 2.45. The number of hydrogen-bond acceptors (Lipinski definition) is 2. The van der Waals surface area contributed by atoms with Gasteiger partial charge in [0.15, 0.2) is 0 Å². The summed E-state index contributed by atoms with van der Waals surface area (Å²) >= 11 is 0. The van der Waals surface area contributed by atoms with Crippen molar-refractivity contribution in [3.8, 4) is 0 Å². The molecule has 0 amide bonds. The molecule has 0 bridgehead atoms. The average molecular weight is 335 g/mol. The molecule has 140 valence electrons. The predicted molar refractivity (Wildman–Crippen MR) is 104 cm³/mol. The molecule has 1 heterocycles. The second kappa shape index (κ2) is 6.58. The van der Waals surface area contributed by atoms with Crippen LogP contribution in [0.4, 0.5) is 0 Å². The van der Waals surface area contributed by atoms with Gasteiger partial charge in [-0.25, -0.2) is 0 Å². The summed E-state index contributed by atoms with van der Waals surface area (Å²) in [6.07, 6.45) is 9.07. The zero-order valence-corrected chi connectivity index (χ0v) is 17.3. The fourth-order valence-electron chi connectivity index (χ4n) is 5.76. The van der Waals surface area contributed by atoms with Gasteiger partial charge in [0.25, 0.3) is 0 Å². The van der Waals surface area contributed by atoms with E-state index in [-0.39, 0.29) is 0 Å². The van der Waals surface area contributed by atoms with Gasteiger partial charge < -0.3 is 4.90 Å². The van der Waals surface area contributed by atoms with Crippen molar-refractivity contribution in [2.45, 2.75) is 85.6 Å². The normalized spacial score (nSPS) is 36.8. The summed E-state index contributed by atoms with van der Waals surface area (Å²) in [6.45, 7) is 20.8. The molecule has 1 aliphatic heterocycles. The van der Waals surface area contributed by atoms with Crippen LogP contribution in [0.1, 0.15) is 80.1 Å². The van der Waals surface area contributed by atoms with E-state index in [2.05, 4.69) is 51.3 Å². The van der Waals surface area contributed by atoms with E-state index in [9.17, 15) is 0 Å². The molecule has 2 aliphatic carbocycles. The van der Waals surface area contributed by atoms with Gasteiger partial charge >= 0.3 is 0 Å². The van der Waals surface area contributed by atoms with E-state index in [1.165, 1.54) is 71.2 Å². The fourth-order valence-corrected chi connectivity index (χ4v) is 5.76. The lowest BCUT2D eigenvalue weighted by Gasteiger charge is -2.54. The third kappa shape index (κ3) is 4.18. The quantitative estimate of drug-likeness (QED) is 0.698. The van der Waals surface area contributed by atoms with Crippen LogP contribution in [0.5, 0.6) is 0 Å². The highest BCUT2D eigenvalue weighted by Crippen LogP contribution is 2.57. The van der Waals surface area contributed by atoms with Gasteiger partial charge in [-0.05, 0) is 82.0 Å². The molecular weight excluding hydrogens is 292 g/mol. The molecule has 3 fully saturated rings. The van der Waals surface area contributed by atoms with Crippen molar-refractivity contribution in [1.82, 2.24) is 9.80 Å². The molecule has 2 saturated carbocycles. The van der Waals surface area contributed by atoms with Crippen LogP contribution in [0.2, 0.25) is 0 Å². The summed E-state index contributed by atoms with van der Waals surface area (Å²) in [5.41, 5.74) is 1.63. The lowest BCUT2D eigenvalue weighted by Crippen LogP contribution is -2.55. The second-order valence-corrected chi connectivity index (χ2v) is 11.4. The number of nitrogens with zero attached hydrogens (tertiary/aromatic N) is 2. The van der Waals surface area contributed by atoms with Crippen molar-refractivity contribution in [3.63, 3.8) is 0 Å². The molecule has 0 radical (unpaired) electrons. The minimum atomic E-state index is 0.346. The molecule has 24 heavy (non-hydrogen) atoms. The molecule has 2 heteroatoms. The second-order valence-electron chi connectivity index (χ2n) is 11.4.